The molecule has 1 amide bonds. The van der Waals surface area contributed by atoms with Crippen molar-refractivity contribution in [3.05, 3.63) is 23.5 Å². The molecule has 7 heteroatoms. The van der Waals surface area contributed by atoms with Crippen LogP contribution in [0.5, 0.6) is 0 Å². The Bertz CT molecular complexity index is 521. The van der Waals surface area contributed by atoms with E-state index in [0.29, 0.717) is 30.8 Å². The van der Waals surface area contributed by atoms with Gasteiger partial charge in [0.2, 0.25) is 0 Å². The van der Waals surface area contributed by atoms with E-state index >= 15 is 0 Å². The fourth-order valence-corrected chi connectivity index (χ4v) is 2.07. The average Bonchev–Trinajstić information content (AvgIpc) is 2.52. The van der Waals surface area contributed by atoms with Crippen LogP contribution in [0.2, 0.25) is 0 Å². The fourth-order valence-electron chi connectivity index (χ4n) is 2.07. The van der Waals surface area contributed by atoms with Crippen molar-refractivity contribution in [3.8, 4) is 0 Å². The number of rotatable bonds is 2. The lowest BCUT2D eigenvalue weighted by molar-refractivity contribution is 0.0689. The number of aryl methyl sites for hydroxylation is 1. The summed E-state index contributed by atoms with van der Waals surface area (Å²) in [6.07, 6.45) is 1.00. The SMILES string of the molecule is C=Cc1c(C(=O)O)nn2c1CN(C(=O)O)CCC2. The summed E-state index contributed by atoms with van der Waals surface area (Å²) in [5, 5.41) is 22.1. The highest BCUT2D eigenvalue weighted by molar-refractivity contribution is 5.90. The van der Waals surface area contributed by atoms with Crippen LogP contribution in [-0.4, -0.2) is 43.5 Å². The summed E-state index contributed by atoms with van der Waals surface area (Å²) in [4.78, 5) is 23.3. The van der Waals surface area contributed by atoms with Gasteiger partial charge in [0.1, 0.15) is 0 Å². The molecular weight excluding hydrogens is 238 g/mol. The zero-order chi connectivity index (χ0) is 13.3. The van der Waals surface area contributed by atoms with Gasteiger partial charge in [-0.05, 0) is 6.42 Å². The maximum atomic E-state index is 11.0. The molecule has 0 saturated carbocycles. The Kier molecular flexibility index (Phi) is 3.05. The number of carboxylic acids is 1. The van der Waals surface area contributed by atoms with Crippen molar-refractivity contribution >= 4 is 18.1 Å². The number of carboxylic acid groups (broad SMARTS) is 2. The summed E-state index contributed by atoms with van der Waals surface area (Å²) in [5.41, 5.74) is 0.908. The first-order valence-electron chi connectivity index (χ1n) is 5.48. The molecule has 1 aliphatic rings. The normalized spacial score (nSPS) is 14.8. The van der Waals surface area contributed by atoms with Crippen molar-refractivity contribution in [2.45, 2.75) is 19.5 Å². The minimum Gasteiger partial charge on any atom is -0.476 e. The van der Waals surface area contributed by atoms with E-state index in [1.54, 1.807) is 4.68 Å². The number of amides is 1. The summed E-state index contributed by atoms with van der Waals surface area (Å²) >= 11 is 0. The summed E-state index contributed by atoms with van der Waals surface area (Å²) in [7, 11) is 0. The van der Waals surface area contributed by atoms with Crippen LogP contribution in [0.3, 0.4) is 0 Å². The molecule has 0 aromatic carbocycles. The van der Waals surface area contributed by atoms with E-state index in [1.165, 1.54) is 11.0 Å². The average molecular weight is 251 g/mol. The van der Waals surface area contributed by atoms with Gasteiger partial charge in [0, 0.05) is 18.7 Å². The Morgan fingerprint density at radius 2 is 2.06 bits per heavy atom. The molecule has 0 fully saturated rings. The fraction of sp³-hybridized carbons (Fsp3) is 0.364. The molecule has 1 aromatic rings. The van der Waals surface area contributed by atoms with E-state index in [0.717, 1.165) is 0 Å². The maximum Gasteiger partial charge on any atom is 0.407 e. The quantitative estimate of drug-likeness (QED) is 0.820. The van der Waals surface area contributed by atoms with Crippen LogP contribution in [0.15, 0.2) is 6.58 Å². The molecular formula is C11H13N3O4. The Morgan fingerprint density at radius 1 is 1.33 bits per heavy atom. The third kappa shape index (κ3) is 1.94. The standard InChI is InChI=1S/C11H13N3O4/c1-2-7-8-6-13(11(17)18)4-3-5-14(8)12-9(7)10(15)16/h2H,1,3-6H2,(H,15,16)(H,17,18). The van der Waals surface area contributed by atoms with Gasteiger partial charge in [-0.1, -0.05) is 12.7 Å². The monoisotopic (exact) mass is 251 g/mol. The highest BCUT2D eigenvalue weighted by Crippen LogP contribution is 2.21. The van der Waals surface area contributed by atoms with Crippen LogP contribution < -0.4 is 0 Å². The predicted octanol–water partition coefficient (Wildman–Crippen LogP) is 1.11. The molecule has 1 aliphatic heterocycles. The molecule has 1 aromatic heterocycles. The predicted molar refractivity (Wildman–Crippen MR) is 62.3 cm³/mol. The van der Waals surface area contributed by atoms with Gasteiger partial charge in [0.25, 0.3) is 0 Å². The summed E-state index contributed by atoms with van der Waals surface area (Å²) in [5.74, 6) is -1.13. The van der Waals surface area contributed by atoms with Crippen LogP contribution in [-0.2, 0) is 13.1 Å². The van der Waals surface area contributed by atoms with Crippen molar-refractivity contribution in [2.24, 2.45) is 0 Å². The molecule has 0 aliphatic carbocycles. The molecule has 96 valence electrons. The molecule has 2 N–H and O–H groups in total. The van der Waals surface area contributed by atoms with E-state index in [4.69, 9.17) is 10.2 Å². The van der Waals surface area contributed by atoms with Crippen molar-refractivity contribution < 1.29 is 19.8 Å². The molecule has 0 radical (unpaired) electrons. The van der Waals surface area contributed by atoms with Crippen LogP contribution in [0.4, 0.5) is 4.79 Å². The second-order valence-corrected chi connectivity index (χ2v) is 4.00. The molecule has 2 heterocycles. The smallest absolute Gasteiger partial charge is 0.407 e. The number of hydrogen-bond donors (Lipinski definition) is 2. The summed E-state index contributed by atoms with van der Waals surface area (Å²) in [6.45, 7) is 4.63. The van der Waals surface area contributed by atoms with Gasteiger partial charge in [-0.3, -0.25) is 4.68 Å². The summed E-state index contributed by atoms with van der Waals surface area (Å²) < 4.78 is 1.56. The number of aromatic carboxylic acids is 1. The van der Waals surface area contributed by atoms with Gasteiger partial charge in [0.15, 0.2) is 5.69 Å². The second-order valence-electron chi connectivity index (χ2n) is 4.00. The lowest BCUT2D eigenvalue weighted by Gasteiger charge is -2.15. The number of nitrogens with zero attached hydrogens (tertiary/aromatic N) is 3. The van der Waals surface area contributed by atoms with Crippen LogP contribution in [0, 0.1) is 0 Å². The lowest BCUT2D eigenvalue weighted by Crippen LogP contribution is -2.29. The summed E-state index contributed by atoms with van der Waals surface area (Å²) in [6, 6.07) is 0. The van der Waals surface area contributed by atoms with E-state index in [1.807, 2.05) is 0 Å². The molecule has 0 saturated heterocycles. The molecule has 18 heavy (non-hydrogen) atoms. The lowest BCUT2D eigenvalue weighted by atomic mass is 10.1. The highest BCUT2D eigenvalue weighted by atomic mass is 16.4. The number of fused-ring (bicyclic) bond motifs is 1. The first kappa shape index (κ1) is 12.2. The molecule has 7 nitrogen and oxygen atoms in total. The number of hydrogen-bond acceptors (Lipinski definition) is 3. The Labute approximate surface area is 103 Å². The van der Waals surface area contributed by atoms with Gasteiger partial charge in [-0.15, -0.1) is 0 Å². The van der Waals surface area contributed by atoms with Crippen LogP contribution >= 0.6 is 0 Å². The first-order chi connectivity index (χ1) is 8.54. The van der Waals surface area contributed by atoms with Gasteiger partial charge >= 0.3 is 12.1 Å². The second kappa shape index (κ2) is 4.52. The van der Waals surface area contributed by atoms with Crippen molar-refractivity contribution in [2.75, 3.05) is 6.54 Å². The third-order valence-electron chi connectivity index (χ3n) is 2.91. The van der Waals surface area contributed by atoms with Gasteiger partial charge in [0.05, 0.1) is 12.2 Å². The van der Waals surface area contributed by atoms with Crippen molar-refractivity contribution in [1.82, 2.24) is 14.7 Å². The van der Waals surface area contributed by atoms with E-state index < -0.39 is 12.1 Å². The molecule has 2 rings (SSSR count). The van der Waals surface area contributed by atoms with E-state index in [-0.39, 0.29) is 12.2 Å². The highest BCUT2D eigenvalue weighted by Gasteiger charge is 2.25. The van der Waals surface area contributed by atoms with Crippen LogP contribution in [0.1, 0.15) is 28.2 Å². The van der Waals surface area contributed by atoms with Gasteiger partial charge in [-0.25, -0.2) is 9.59 Å². The van der Waals surface area contributed by atoms with Crippen molar-refractivity contribution in [1.29, 1.82) is 0 Å². The zero-order valence-electron chi connectivity index (χ0n) is 9.67. The first-order valence-corrected chi connectivity index (χ1v) is 5.48. The van der Waals surface area contributed by atoms with Crippen molar-refractivity contribution in [3.63, 3.8) is 0 Å². The molecule has 0 unspecified atom stereocenters. The Hall–Kier alpha value is -2.31. The zero-order valence-corrected chi connectivity index (χ0v) is 9.67. The molecule has 0 bridgehead atoms. The number of aromatic nitrogens is 2. The van der Waals surface area contributed by atoms with E-state index in [2.05, 4.69) is 11.7 Å². The number of carbonyl (C=O) groups is 2. The minimum absolute atomic E-state index is 0.0766. The minimum atomic E-state index is -1.13. The Balaban J connectivity index is 2.48. The van der Waals surface area contributed by atoms with Gasteiger partial charge in [-0.2, -0.15) is 5.10 Å². The van der Waals surface area contributed by atoms with E-state index in [9.17, 15) is 9.59 Å². The third-order valence-corrected chi connectivity index (χ3v) is 2.91. The Morgan fingerprint density at radius 3 is 2.61 bits per heavy atom. The molecule has 0 spiro atoms. The maximum absolute atomic E-state index is 11.0. The van der Waals surface area contributed by atoms with Crippen LogP contribution in [0.25, 0.3) is 6.08 Å². The largest absolute Gasteiger partial charge is 0.476 e. The van der Waals surface area contributed by atoms with Gasteiger partial charge < -0.3 is 15.1 Å². The molecule has 0 atom stereocenters. The topological polar surface area (TPSA) is 95.7 Å².